The van der Waals surface area contributed by atoms with Crippen LogP contribution in [-0.2, 0) is 0 Å². The number of pyridine rings is 1. The second kappa shape index (κ2) is 8.47. The Kier molecular flexibility index (Phi) is 3.58. The molecule has 2 aromatic heterocycles. The van der Waals surface area contributed by atoms with Gasteiger partial charge in [-0.1, -0.05) is 82.6 Å². The normalized spacial score (nSPS) is 14.6. The SMILES string of the molecule is [2H]c1c([2H])c([2H])c2c(c1[2H])c1cccc(Oc3cccc(Br)c3)c1n2-c1cc(C([2H])([2H])[2H])c(-c2ccccc2)cn1. The molecule has 0 bridgehead atoms. The minimum absolute atomic E-state index is 0.0647. The minimum Gasteiger partial charge on any atom is -0.455 e. The molecule has 0 aliphatic carbocycles. The number of ether oxygens (including phenoxy) is 1. The fourth-order valence-electron chi connectivity index (χ4n) is 4.12. The number of fused-ring (bicyclic) bond motifs is 3. The number of nitrogens with zero attached hydrogens (tertiary/aromatic N) is 2. The molecular formula is C30H21BrN2O. The van der Waals surface area contributed by atoms with Gasteiger partial charge in [-0.15, -0.1) is 0 Å². The first kappa shape index (κ1) is 14.4. The van der Waals surface area contributed by atoms with Crippen molar-refractivity contribution in [2.75, 3.05) is 0 Å². The van der Waals surface area contributed by atoms with Crippen molar-refractivity contribution >= 4 is 37.7 Å². The van der Waals surface area contributed by atoms with Crippen molar-refractivity contribution in [1.29, 1.82) is 0 Å². The number of para-hydroxylation sites is 2. The van der Waals surface area contributed by atoms with Crippen LogP contribution in [0.5, 0.6) is 11.5 Å². The molecule has 0 atom stereocenters. The van der Waals surface area contributed by atoms with Gasteiger partial charge in [0.2, 0.25) is 0 Å². The highest BCUT2D eigenvalue weighted by Gasteiger charge is 2.18. The van der Waals surface area contributed by atoms with E-state index in [1.165, 1.54) is 12.3 Å². The molecule has 0 spiro atoms. The van der Waals surface area contributed by atoms with E-state index < -0.39 is 12.9 Å². The predicted octanol–water partition coefficient (Wildman–Crippen LogP) is 8.71. The van der Waals surface area contributed by atoms with Crippen LogP contribution in [0.25, 0.3) is 38.8 Å². The van der Waals surface area contributed by atoms with E-state index >= 15 is 0 Å². The average molecular weight is 512 g/mol. The summed E-state index contributed by atoms with van der Waals surface area (Å²) < 4.78 is 67.8. The lowest BCUT2D eigenvalue weighted by atomic mass is 10.0. The first-order chi connectivity index (χ1) is 19.6. The molecule has 34 heavy (non-hydrogen) atoms. The van der Waals surface area contributed by atoms with Crippen LogP contribution in [0.2, 0.25) is 0 Å². The predicted molar refractivity (Wildman–Crippen MR) is 143 cm³/mol. The van der Waals surface area contributed by atoms with E-state index in [-0.39, 0.29) is 40.4 Å². The van der Waals surface area contributed by atoms with Gasteiger partial charge in [0.1, 0.15) is 11.6 Å². The molecule has 0 aliphatic heterocycles. The lowest BCUT2D eigenvalue weighted by molar-refractivity contribution is 0.486. The Balaban J connectivity index is 1.73. The number of aryl methyl sites for hydroxylation is 1. The molecule has 0 unspecified atom stereocenters. The monoisotopic (exact) mass is 511 g/mol. The van der Waals surface area contributed by atoms with Crippen molar-refractivity contribution in [2.24, 2.45) is 0 Å². The lowest BCUT2D eigenvalue weighted by Gasteiger charge is -2.13. The van der Waals surface area contributed by atoms with E-state index in [9.17, 15) is 0 Å². The standard InChI is InChI=1S/C30H21BrN2O/c1-20-17-29(32-19-26(20)21-9-3-2-4-10-21)33-27-15-6-5-13-24(27)25-14-8-16-28(30(25)33)34-23-12-7-11-22(31)18-23/h2-19H,1H3/i1D3,5D,6D,13D,15D. The van der Waals surface area contributed by atoms with Crippen LogP contribution in [0.15, 0.2) is 114 Å². The maximum atomic E-state index is 8.82. The molecule has 0 N–H and O–H groups in total. The largest absolute Gasteiger partial charge is 0.455 e. The van der Waals surface area contributed by atoms with Gasteiger partial charge in [-0.3, -0.25) is 4.57 Å². The van der Waals surface area contributed by atoms with Crippen molar-refractivity contribution in [3.63, 3.8) is 0 Å². The zero-order chi connectivity index (χ0) is 29.1. The van der Waals surface area contributed by atoms with E-state index in [1.807, 2.05) is 42.5 Å². The van der Waals surface area contributed by atoms with Gasteiger partial charge in [0.15, 0.2) is 5.75 Å². The van der Waals surface area contributed by atoms with E-state index in [4.69, 9.17) is 14.3 Å². The number of aromatic nitrogens is 2. The Morgan fingerprint density at radius 3 is 2.62 bits per heavy atom. The molecule has 2 heterocycles. The van der Waals surface area contributed by atoms with E-state index in [0.29, 0.717) is 33.5 Å². The summed E-state index contributed by atoms with van der Waals surface area (Å²) in [6, 6.07) is 21.8. The van der Waals surface area contributed by atoms with Crippen LogP contribution in [0, 0.1) is 6.85 Å². The Bertz CT molecular complexity index is 1970. The molecule has 4 heteroatoms. The Morgan fingerprint density at radius 2 is 1.76 bits per heavy atom. The van der Waals surface area contributed by atoms with Crippen molar-refractivity contribution in [3.05, 3.63) is 119 Å². The summed E-state index contributed by atoms with van der Waals surface area (Å²) in [5.74, 6) is 1.09. The average Bonchev–Trinajstić information content (AvgIpc) is 3.31. The fourth-order valence-corrected chi connectivity index (χ4v) is 4.50. The highest BCUT2D eigenvalue weighted by molar-refractivity contribution is 9.10. The first-order valence-corrected chi connectivity index (χ1v) is 11.4. The lowest BCUT2D eigenvalue weighted by Crippen LogP contribution is -2.00. The van der Waals surface area contributed by atoms with Gasteiger partial charge in [0.05, 0.1) is 16.5 Å². The summed E-state index contributed by atoms with van der Waals surface area (Å²) in [5.41, 5.74) is 1.82. The summed E-state index contributed by atoms with van der Waals surface area (Å²) >= 11 is 3.45. The van der Waals surface area contributed by atoms with Gasteiger partial charge in [-0.2, -0.15) is 0 Å². The molecule has 0 aliphatic rings. The third kappa shape index (κ3) is 3.57. The van der Waals surface area contributed by atoms with Gasteiger partial charge in [-0.25, -0.2) is 4.98 Å². The summed E-state index contributed by atoms with van der Waals surface area (Å²) in [5, 5.41) is 0.805. The van der Waals surface area contributed by atoms with Crippen molar-refractivity contribution in [1.82, 2.24) is 9.55 Å². The summed E-state index contributed by atoms with van der Waals surface area (Å²) in [7, 11) is 0. The quantitative estimate of drug-likeness (QED) is 0.236. The number of halogens is 1. The topological polar surface area (TPSA) is 27.1 Å². The Labute approximate surface area is 216 Å². The number of benzene rings is 4. The van der Waals surface area contributed by atoms with Crippen LogP contribution < -0.4 is 4.74 Å². The van der Waals surface area contributed by atoms with Gasteiger partial charge in [0.25, 0.3) is 0 Å². The van der Waals surface area contributed by atoms with Crippen molar-refractivity contribution < 1.29 is 14.3 Å². The molecular weight excluding hydrogens is 484 g/mol. The number of hydrogen-bond acceptors (Lipinski definition) is 2. The third-order valence-corrected chi connectivity index (χ3v) is 6.10. The highest BCUT2D eigenvalue weighted by Crippen LogP contribution is 2.39. The van der Waals surface area contributed by atoms with E-state index in [2.05, 4.69) is 20.9 Å². The summed E-state index contributed by atoms with van der Waals surface area (Å²) in [6.07, 6.45) is 1.49. The molecule has 3 nitrogen and oxygen atoms in total. The Morgan fingerprint density at radius 1 is 0.912 bits per heavy atom. The second-order valence-corrected chi connectivity index (χ2v) is 8.64. The second-order valence-electron chi connectivity index (χ2n) is 7.72. The van der Waals surface area contributed by atoms with Crippen LogP contribution in [-0.4, -0.2) is 9.55 Å². The van der Waals surface area contributed by atoms with E-state index in [0.717, 1.165) is 4.47 Å². The van der Waals surface area contributed by atoms with Gasteiger partial charge >= 0.3 is 0 Å². The summed E-state index contributed by atoms with van der Waals surface area (Å²) in [4.78, 5) is 4.65. The van der Waals surface area contributed by atoms with Gasteiger partial charge in [0, 0.05) is 31.1 Å². The molecule has 0 fully saturated rings. The smallest absolute Gasteiger partial charge is 0.152 e. The van der Waals surface area contributed by atoms with Crippen molar-refractivity contribution in [2.45, 2.75) is 6.85 Å². The van der Waals surface area contributed by atoms with Gasteiger partial charge < -0.3 is 4.74 Å². The first-order valence-electron chi connectivity index (χ1n) is 14.1. The van der Waals surface area contributed by atoms with Crippen LogP contribution in [0.1, 0.15) is 15.2 Å². The fraction of sp³-hybridized carbons (Fsp3) is 0.0333. The maximum Gasteiger partial charge on any atom is 0.152 e. The molecule has 0 amide bonds. The zero-order valence-electron chi connectivity index (χ0n) is 24.8. The molecule has 4 aromatic carbocycles. The third-order valence-electron chi connectivity index (χ3n) is 5.61. The molecule has 0 saturated heterocycles. The molecule has 0 saturated carbocycles. The number of hydrogen-bond donors (Lipinski definition) is 0. The van der Waals surface area contributed by atoms with Crippen LogP contribution in [0.3, 0.4) is 0 Å². The highest BCUT2D eigenvalue weighted by atomic mass is 79.9. The maximum absolute atomic E-state index is 8.82. The molecule has 164 valence electrons. The summed E-state index contributed by atoms with van der Waals surface area (Å²) in [6.45, 7) is -2.49. The molecule has 0 radical (unpaired) electrons. The van der Waals surface area contributed by atoms with E-state index in [1.54, 1.807) is 34.9 Å². The van der Waals surface area contributed by atoms with Crippen molar-refractivity contribution in [3.8, 4) is 28.4 Å². The van der Waals surface area contributed by atoms with Crippen LogP contribution >= 0.6 is 15.9 Å². The molecule has 6 aromatic rings. The Hall–Kier alpha value is -3.89. The number of rotatable bonds is 4. The minimum atomic E-state index is -2.49. The zero-order valence-corrected chi connectivity index (χ0v) is 19.3. The molecule has 6 rings (SSSR count). The van der Waals surface area contributed by atoms with Gasteiger partial charge in [-0.05, 0) is 54.4 Å². The van der Waals surface area contributed by atoms with Crippen LogP contribution in [0.4, 0.5) is 0 Å².